The van der Waals surface area contributed by atoms with Gasteiger partial charge in [0.1, 0.15) is 5.82 Å². The number of carbonyl (C=O) groups excluding carboxylic acids is 1. The molecule has 0 atom stereocenters. The first-order valence-electron chi connectivity index (χ1n) is 5.80. The summed E-state index contributed by atoms with van der Waals surface area (Å²) in [6, 6.07) is 13.1. The Morgan fingerprint density at radius 3 is 2.33 bits per heavy atom. The first kappa shape index (κ1) is 12.5. The van der Waals surface area contributed by atoms with Crippen LogP contribution < -0.4 is 5.73 Å². The zero-order valence-corrected chi connectivity index (χ0v) is 9.90. The van der Waals surface area contributed by atoms with Crippen molar-refractivity contribution in [1.29, 1.82) is 0 Å². The van der Waals surface area contributed by atoms with Crippen LogP contribution in [0.4, 0.5) is 4.39 Å². The molecule has 2 aromatic rings. The van der Waals surface area contributed by atoms with E-state index in [9.17, 15) is 9.18 Å². The van der Waals surface area contributed by atoms with Crippen molar-refractivity contribution >= 4 is 5.78 Å². The molecule has 18 heavy (non-hydrogen) atoms. The highest BCUT2D eigenvalue weighted by atomic mass is 19.1. The topological polar surface area (TPSA) is 43.1 Å². The lowest BCUT2D eigenvalue weighted by Gasteiger charge is -2.04. The van der Waals surface area contributed by atoms with Crippen LogP contribution in [0.15, 0.2) is 48.5 Å². The van der Waals surface area contributed by atoms with E-state index >= 15 is 0 Å². The summed E-state index contributed by atoms with van der Waals surface area (Å²) >= 11 is 0. The molecule has 0 saturated heterocycles. The summed E-state index contributed by atoms with van der Waals surface area (Å²) in [5, 5.41) is 0. The minimum absolute atomic E-state index is 0.101. The average molecular weight is 243 g/mol. The Morgan fingerprint density at radius 2 is 1.72 bits per heavy atom. The van der Waals surface area contributed by atoms with Crippen molar-refractivity contribution in [2.45, 2.75) is 6.42 Å². The van der Waals surface area contributed by atoms with E-state index in [1.165, 1.54) is 12.1 Å². The van der Waals surface area contributed by atoms with E-state index in [0.717, 1.165) is 12.0 Å². The first-order valence-corrected chi connectivity index (χ1v) is 5.80. The fraction of sp³-hybridized carbons (Fsp3) is 0.133. The van der Waals surface area contributed by atoms with E-state index in [1.807, 2.05) is 12.1 Å². The lowest BCUT2D eigenvalue weighted by molar-refractivity contribution is 0.103. The van der Waals surface area contributed by atoms with Gasteiger partial charge in [-0.05, 0) is 30.7 Å². The lowest BCUT2D eigenvalue weighted by atomic mass is 10.0. The molecule has 0 fully saturated rings. The van der Waals surface area contributed by atoms with Crippen molar-refractivity contribution in [3.05, 3.63) is 71.0 Å². The maximum absolute atomic E-state index is 13.5. The van der Waals surface area contributed by atoms with Crippen molar-refractivity contribution < 1.29 is 9.18 Å². The molecule has 0 aliphatic rings. The number of rotatable bonds is 4. The monoisotopic (exact) mass is 243 g/mol. The van der Waals surface area contributed by atoms with Gasteiger partial charge in [-0.2, -0.15) is 0 Å². The third kappa shape index (κ3) is 2.63. The van der Waals surface area contributed by atoms with Gasteiger partial charge in [0.15, 0.2) is 5.78 Å². The quantitative estimate of drug-likeness (QED) is 0.839. The first-order chi connectivity index (χ1) is 8.72. The molecule has 2 N–H and O–H groups in total. The van der Waals surface area contributed by atoms with Crippen LogP contribution in [-0.2, 0) is 6.42 Å². The molecule has 0 aliphatic heterocycles. The van der Waals surface area contributed by atoms with Gasteiger partial charge in [0.05, 0.1) is 5.56 Å². The third-order valence-electron chi connectivity index (χ3n) is 2.77. The molecule has 0 aliphatic carbocycles. The number of hydrogen-bond acceptors (Lipinski definition) is 2. The molecule has 3 heteroatoms. The van der Waals surface area contributed by atoms with Gasteiger partial charge in [-0.3, -0.25) is 4.79 Å². The minimum atomic E-state index is -0.492. The normalized spacial score (nSPS) is 10.3. The van der Waals surface area contributed by atoms with Gasteiger partial charge < -0.3 is 5.73 Å². The van der Waals surface area contributed by atoms with Crippen molar-refractivity contribution in [3.8, 4) is 0 Å². The van der Waals surface area contributed by atoms with Crippen molar-refractivity contribution in [2.24, 2.45) is 5.73 Å². The van der Waals surface area contributed by atoms with Crippen LogP contribution in [0.1, 0.15) is 21.5 Å². The number of ketones is 1. The van der Waals surface area contributed by atoms with Gasteiger partial charge in [-0.15, -0.1) is 0 Å². The zero-order valence-electron chi connectivity index (χ0n) is 9.90. The molecule has 0 saturated carbocycles. The zero-order chi connectivity index (χ0) is 13.0. The average Bonchev–Trinajstić information content (AvgIpc) is 2.40. The molecule has 0 radical (unpaired) electrons. The van der Waals surface area contributed by atoms with Crippen LogP contribution in [0.2, 0.25) is 0 Å². The molecule has 0 amide bonds. The summed E-state index contributed by atoms with van der Waals surface area (Å²) in [6.45, 7) is 0.570. The Morgan fingerprint density at radius 1 is 1.06 bits per heavy atom. The molecule has 2 aromatic carbocycles. The highest BCUT2D eigenvalue weighted by Crippen LogP contribution is 2.14. The van der Waals surface area contributed by atoms with Crippen LogP contribution in [-0.4, -0.2) is 12.3 Å². The van der Waals surface area contributed by atoms with E-state index in [-0.39, 0.29) is 11.3 Å². The summed E-state index contributed by atoms with van der Waals surface area (Å²) in [5.41, 5.74) is 7.11. The molecule has 0 aromatic heterocycles. The SMILES string of the molecule is NCCc1ccc(C(=O)c2ccccc2F)cc1. The van der Waals surface area contributed by atoms with Crippen LogP contribution in [0.3, 0.4) is 0 Å². The Labute approximate surface area is 105 Å². The predicted molar refractivity (Wildman–Crippen MR) is 69.0 cm³/mol. The van der Waals surface area contributed by atoms with Gasteiger partial charge >= 0.3 is 0 Å². The lowest BCUT2D eigenvalue weighted by Crippen LogP contribution is -2.05. The summed E-state index contributed by atoms with van der Waals surface area (Å²) in [5.74, 6) is -0.791. The molecule has 0 unspecified atom stereocenters. The molecule has 0 spiro atoms. The third-order valence-corrected chi connectivity index (χ3v) is 2.77. The van der Waals surface area contributed by atoms with Crippen molar-refractivity contribution in [2.75, 3.05) is 6.54 Å². The minimum Gasteiger partial charge on any atom is -0.330 e. The molecule has 0 heterocycles. The smallest absolute Gasteiger partial charge is 0.195 e. The van der Waals surface area contributed by atoms with Gasteiger partial charge in [0.2, 0.25) is 0 Å². The van der Waals surface area contributed by atoms with Gasteiger partial charge in [0, 0.05) is 5.56 Å². The van der Waals surface area contributed by atoms with Gasteiger partial charge in [0.25, 0.3) is 0 Å². The number of benzene rings is 2. The highest BCUT2D eigenvalue weighted by molar-refractivity contribution is 6.09. The second kappa shape index (κ2) is 5.56. The van der Waals surface area contributed by atoms with E-state index in [0.29, 0.717) is 12.1 Å². The largest absolute Gasteiger partial charge is 0.330 e. The van der Waals surface area contributed by atoms with Crippen LogP contribution in [0, 0.1) is 5.82 Å². The summed E-state index contributed by atoms with van der Waals surface area (Å²) in [4.78, 5) is 12.1. The number of halogens is 1. The molecule has 0 bridgehead atoms. The number of nitrogens with two attached hydrogens (primary N) is 1. The predicted octanol–water partition coefficient (Wildman–Crippen LogP) is 2.56. The number of hydrogen-bond donors (Lipinski definition) is 1. The van der Waals surface area contributed by atoms with Crippen LogP contribution >= 0.6 is 0 Å². The Bertz CT molecular complexity index is 549. The summed E-state index contributed by atoms with van der Waals surface area (Å²) in [6.07, 6.45) is 0.772. The molecular weight excluding hydrogens is 229 g/mol. The van der Waals surface area contributed by atoms with E-state index in [4.69, 9.17) is 5.73 Å². The highest BCUT2D eigenvalue weighted by Gasteiger charge is 2.12. The van der Waals surface area contributed by atoms with E-state index in [2.05, 4.69) is 0 Å². The molecular formula is C15H14FNO. The second-order valence-corrected chi connectivity index (χ2v) is 4.04. The maximum atomic E-state index is 13.5. The fourth-order valence-electron chi connectivity index (χ4n) is 1.79. The number of carbonyl (C=O) groups is 1. The molecule has 92 valence electrons. The van der Waals surface area contributed by atoms with Crippen LogP contribution in [0.5, 0.6) is 0 Å². The molecule has 2 nitrogen and oxygen atoms in total. The van der Waals surface area contributed by atoms with Crippen molar-refractivity contribution in [3.63, 3.8) is 0 Å². The Kier molecular flexibility index (Phi) is 3.85. The molecule has 2 rings (SSSR count). The van der Waals surface area contributed by atoms with E-state index in [1.54, 1.807) is 24.3 Å². The van der Waals surface area contributed by atoms with Crippen molar-refractivity contribution in [1.82, 2.24) is 0 Å². The Hall–Kier alpha value is -2.00. The summed E-state index contributed by atoms with van der Waals surface area (Å²) in [7, 11) is 0. The van der Waals surface area contributed by atoms with Gasteiger partial charge in [-0.1, -0.05) is 36.4 Å². The van der Waals surface area contributed by atoms with Gasteiger partial charge in [-0.25, -0.2) is 4.39 Å². The maximum Gasteiger partial charge on any atom is 0.195 e. The summed E-state index contributed by atoms with van der Waals surface area (Å²) < 4.78 is 13.5. The van der Waals surface area contributed by atoms with Crippen LogP contribution in [0.25, 0.3) is 0 Å². The van der Waals surface area contributed by atoms with E-state index < -0.39 is 5.82 Å². The Balaban J connectivity index is 2.27. The fourth-order valence-corrected chi connectivity index (χ4v) is 1.79. The standard InChI is InChI=1S/C15H14FNO/c16-14-4-2-1-3-13(14)15(18)12-7-5-11(6-8-12)9-10-17/h1-8H,9-10,17H2. The second-order valence-electron chi connectivity index (χ2n) is 4.04.